The summed E-state index contributed by atoms with van der Waals surface area (Å²) in [7, 11) is 3.81. The number of benzene rings is 3. The molecule has 2 amide bonds. The van der Waals surface area contributed by atoms with Gasteiger partial charge in [-0.1, -0.05) is 85.0 Å². The molecule has 11 nitrogen and oxygen atoms in total. The molecule has 0 fully saturated rings. The first-order chi connectivity index (χ1) is 23.6. The molecule has 0 aromatic heterocycles. The lowest BCUT2D eigenvalue weighted by atomic mass is 9.95. The van der Waals surface area contributed by atoms with Gasteiger partial charge < -0.3 is 24.8 Å². The number of Topliss-reactive ketones (excluding diaryl/α,β-unsaturated/α-hetero) is 1. The fourth-order valence-electron chi connectivity index (χ4n) is 4.43. The Morgan fingerprint density at radius 1 is 0.571 bits per heavy atom. The third-order valence-corrected chi connectivity index (χ3v) is 7.08. The SMILES string of the molecule is C=CC[C@H](NC(=O)c1ccccc1)C(=O)OC.COC(=O)[C@H](CC=CC[C@H](NC(=O)c1ccccc1)C(=O)OC)CC(=O)c1ccccc1. The van der Waals surface area contributed by atoms with Crippen molar-refractivity contribution in [1.29, 1.82) is 0 Å². The average molecular weight is 671 g/mol. The van der Waals surface area contributed by atoms with E-state index in [0.717, 1.165) is 0 Å². The molecule has 258 valence electrons. The fraction of sp³-hybridized carbons (Fsp3) is 0.263. The standard InChI is InChI=1S/C25H27NO6.C13H15NO3/c1-31-24(29)20(17-22(27)18-11-5-3-6-12-18)15-9-10-16-21(25(30)32-2)26-23(28)19-13-7-4-8-14-19;1-3-7-11(13(16)17-2)14-12(15)10-8-5-4-6-9-10/h3-14,20-21H,15-17H2,1-2H3,(H,26,28);3-6,8-9,11H,1,7H2,2H3,(H,14,15)/t20-,21+;11-/m10/s1. The molecule has 49 heavy (non-hydrogen) atoms. The van der Waals surface area contributed by atoms with Gasteiger partial charge in [-0.15, -0.1) is 6.58 Å². The van der Waals surface area contributed by atoms with E-state index < -0.39 is 41.8 Å². The van der Waals surface area contributed by atoms with Gasteiger partial charge >= 0.3 is 17.9 Å². The summed E-state index contributed by atoms with van der Waals surface area (Å²) in [5, 5.41) is 5.25. The summed E-state index contributed by atoms with van der Waals surface area (Å²) in [4.78, 5) is 72.2. The molecule has 11 heteroatoms. The van der Waals surface area contributed by atoms with E-state index in [9.17, 15) is 28.8 Å². The molecule has 2 N–H and O–H groups in total. The number of methoxy groups -OCH3 is 3. The van der Waals surface area contributed by atoms with Crippen LogP contribution in [0.5, 0.6) is 0 Å². The molecule has 0 aliphatic carbocycles. The number of ether oxygens (including phenoxy) is 3. The Morgan fingerprint density at radius 2 is 0.959 bits per heavy atom. The van der Waals surface area contributed by atoms with E-state index in [4.69, 9.17) is 9.47 Å². The first kappa shape index (κ1) is 39.3. The second-order valence-corrected chi connectivity index (χ2v) is 10.5. The Balaban J connectivity index is 0.000000412. The normalized spacial score (nSPS) is 12.1. The van der Waals surface area contributed by atoms with Crippen molar-refractivity contribution in [2.24, 2.45) is 5.92 Å². The highest BCUT2D eigenvalue weighted by Crippen LogP contribution is 2.17. The van der Waals surface area contributed by atoms with Crippen molar-refractivity contribution in [3.63, 3.8) is 0 Å². The van der Waals surface area contributed by atoms with Crippen LogP contribution < -0.4 is 10.6 Å². The van der Waals surface area contributed by atoms with Gasteiger partial charge in [0, 0.05) is 23.1 Å². The molecule has 3 aromatic carbocycles. The average Bonchev–Trinajstić information content (AvgIpc) is 3.15. The van der Waals surface area contributed by atoms with E-state index in [0.29, 0.717) is 23.1 Å². The third kappa shape index (κ3) is 13.8. The van der Waals surface area contributed by atoms with Gasteiger partial charge in [-0.3, -0.25) is 19.2 Å². The minimum atomic E-state index is -0.883. The predicted molar refractivity (Wildman–Crippen MR) is 184 cm³/mol. The van der Waals surface area contributed by atoms with Gasteiger partial charge in [-0.05, 0) is 43.5 Å². The summed E-state index contributed by atoms with van der Waals surface area (Å²) in [6.45, 7) is 3.54. The number of hydrogen-bond acceptors (Lipinski definition) is 9. The summed E-state index contributed by atoms with van der Waals surface area (Å²) in [5.41, 5.74) is 1.46. The van der Waals surface area contributed by atoms with E-state index in [-0.39, 0.29) is 31.0 Å². The van der Waals surface area contributed by atoms with Crippen LogP contribution in [0.4, 0.5) is 0 Å². The van der Waals surface area contributed by atoms with Crippen LogP contribution >= 0.6 is 0 Å². The fourth-order valence-corrected chi connectivity index (χ4v) is 4.43. The Bertz CT molecular complexity index is 1480. The lowest BCUT2D eigenvalue weighted by Crippen LogP contribution is -2.41. The zero-order valence-electron chi connectivity index (χ0n) is 27.8. The lowest BCUT2D eigenvalue weighted by Gasteiger charge is -2.15. The second kappa shape index (κ2) is 21.9. The number of carbonyl (C=O) groups excluding carboxylic acids is 6. The number of hydrogen-bond donors (Lipinski definition) is 2. The van der Waals surface area contributed by atoms with Crippen molar-refractivity contribution in [2.45, 2.75) is 37.8 Å². The van der Waals surface area contributed by atoms with Crippen molar-refractivity contribution in [3.05, 3.63) is 132 Å². The maximum absolute atomic E-state index is 12.5. The van der Waals surface area contributed by atoms with E-state index in [1.165, 1.54) is 21.3 Å². The van der Waals surface area contributed by atoms with Gasteiger partial charge in [-0.2, -0.15) is 0 Å². The first-order valence-corrected chi connectivity index (χ1v) is 15.4. The highest BCUT2D eigenvalue weighted by atomic mass is 16.5. The van der Waals surface area contributed by atoms with Crippen molar-refractivity contribution >= 4 is 35.5 Å². The van der Waals surface area contributed by atoms with Crippen LogP contribution in [0.2, 0.25) is 0 Å². The second-order valence-electron chi connectivity index (χ2n) is 10.5. The minimum absolute atomic E-state index is 0.00615. The highest BCUT2D eigenvalue weighted by Gasteiger charge is 2.24. The van der Waals surface area contributed by atoms with Crippen LogP contribution in [0.25, 0.3) is 0 Å². The number of rotatable bonds is 16. The van der Waals surface area contributed by atoms with Gasteiger partial charge in [0.2, 0.25) is 0 Å². The molecule has 0 saturated carbocycles. The maximum atomic E-state index is 12.5. The van der Waals surface area contributed by atoms with Gasteiger partial charge in [-0.25, -0.2) is 9.59 Å². The Morgan fingerprint density at radius 3 is 1.37 bits per heavy atom. The number of ketones is 1. The topological polar surface area (TPSA) is 154 Å². The molecule has 3 aromatic rings. The summed E-state index contributed by atoms with van der Waals surface area (Å²) < 4.78 is 14.2. The first-order valence-electron chi connectivity index (χ1n) is 15.4. The monoisotopic (exact) mass is 670 g/mol. The predicted octanol–water partition coefficient (Wildman–Crippen LogP) is 4.89. The van der Waals surface area contributed by atoms with Crippen molar-refractivity contribution in [3.8, 4) is 0 Å². The van der Waals surface area contributed by atoms with Crippen LogP contribution in [0.3, 0.4) is 0 Å². The van der Waals surface area contributed by atoms with Crippen LogP contribution in [0.15, 0.2) is 116 Å². The minimum Gasteiger partial charge on any atom is -0.469 e. The van der Waals surface area contributed by atoms with Gasteiger partial charge in [0.05, 0.1) is 27.2 Å². The molecule has 3 atom stereocenters. The van der Waals surface area contributed by atoms with Crippen LogP contribution in [0.1, 0.15) is 56.8 Å². The molecule has 0 spiro atoms. The molecule has 3 rings (SSSR count). The van der Waals surface area contributed by atoms with Crippen LogP contribution in [0, 0.1) is 5.92 Å². The molecule has 0 bridgehead atoms. The van der Waals surface area contributed by atoms with Gasteiger partial charge in [0.1, 0.15) is 12.1 Å². The van der Waals surface area contributed by atoms with Crippen LogP contribution in [-0.2, 0) is 28.6 Å². The summed E-state index contributed by atoms with van der Waals surface area (Å²) in [5.74, 6) is -3.05. The van der Waals surface area contributed by atoms with Crippen molar-refractivity contribution < 1.29 is 43.0 Å². The van der Waals surface area contributed by atoms with Crippen molar-refractivity contribution in [1.82, 2.24) is 10.6 Å². The van der Waals surface area contributed by atoms with Crippen LogP contribution in [-0.4, -0.2) is 68.9 Å². The molecule has 0 aliphatic heterocycles. The largest absolute Gasteiger partial charge is 0.469 e. The smallest absolute Gasteiger partial charge is 0.328 e. The number of carbonyl (C=O) groups is 6. The Kier molecular flexibility index (Phi) is 17.6. The molecule has 0 saturated heterocycles. The maximum Gasteiger partial charge on any atom is 0.328 e. The highest BCUT2D eigenvalue weighted by molar-refractivity contribution is 5.98. The van der Waals surface area contributed by atoms with E-state index in [1.807, 2.05) is 12.1 Å². The Labute approximate surface area is 286 Å². The lowest BCUT2D eigenvalue weighted by molar-refractivity contribution is -0.145. The van der Waals surface area contributed by atoms with E-state index in [1.54, 1.807) is 97.1 Å². The molecule has 0 unspecified atom stereocenters. The zero-order chi connectivity index (χ0) is 36.0. The summed E-state index contributed by atoms with van der Waals surface area (Å²) in [6.07, 6.45) is 5.71. The Hall–Kier alpha value is -5.84. The molecule has 0 aliphatic rings. The third-order valence-electron chi connectivity index (χ3n) is 7.08. The number of allylic oxidation sites excluding steroid dienone is 1. The molecule has 0 heterocycles. The van der Waals surface area contributed by atoms with E-state index >= 15 is 0 Å². The van der Waals surface area contributed by atoms with Crippen molar-refractivity contribution in [2.75, 3.05) is 21.3 Å². The van der Waals surface area contributed by atoms with Gasteiger partial charge in [0.15, 0.2) is 5.78 Å². The quantitative estimate of drug-likeness (QED) is 0.0938. The summed E-state index contributed by atoms with van der Waals surface area (Å²) in [6, 6.07) is 24.4. The molecule has 0 radical (unpaired) electrons. The van der Waals surface area contributed by atoms with E-state index in [2.05, 4.69) is 21.9 Å². The molecular formula is C38H42N2O9. The van der Waals surface area contributed by atoms with Gasteiger partial charge in [0.25, 0.3) is 11.8 Å². The zero-order valence-corrected chi connectivity index (χ0v) is 27.8. The number of esters is 3. The molecular weight excluding hydrogens is 628 g/mol. The summed E-state index contributed by atoms with van der Waals surface area (Å²) >= 11 is 0. The number of amides is 2. The number of nitrogens with one attached hydrogen (secondary N) is 2.